The summed E-state index contributed by atoms with van der Waals surface area (Å²) in [5.74, 6) is 0.756. The van der Waals surface area contributed by atoms with Gasteiger partial charge in [0.25, 0.3) is 0 Å². The maximum Gasteiger partial charge on any atom is 0.238 e. The van der Waals surface area contributed by atoms with Gasteiger partial charge in [0.2, 0.25) is 35.5 Å². The summed E-state index contributed by atoms with van der Waals surface area (Å²) in [6, 6.07) is 10.0. The highest BCUT2D eigenvalue weighted by atomic mass is 16.2. The van der Waals surface area contributed by atoms with Gasteiger partial charge in [-0.25, -0.2) is 19.9 Å². The van der Waals surface area contributed by atoms with Crippen molar-refractivity contribution in [3.63, 3.8) is 0 Å². The van der Waals surface area contributed by atoms with Crippen molar-refractivity contribution in [2.75, 3.05) is 67.5 Å². The smallest absolute Gasteiger partial charge is 0.238 e. The summed E-state index contributed by atoms with van der Waals surface area (Å²) in [6.07, 6.45) is 18.0. The van der Waals surface area contributed by atoms with E-state index in [1.807, 2.05) is 16.1 Å². The zero-order chi connectivity index (χ0) is 48.5. The predicted molar refractivity (Wildman–Crippen MR) is 269 cm³/mol. The number of carbonyl (C=O) groups excluding carboxylic acids is 5. The number of likely N-dealkylation sites (tertiary alicyclic amines) is 3. The van der Waals surface area contributed by atoms with E-state index in [2.05, 4.69) is 78.0 Å². The number of pyridine rings is 1. The van der Waals surface area contributed by atoms with E-state index in [0.29, 0.717) is 114 Å². The number of piperidine rings is 5. The van der Waals surface area contributed by atoms with Gasteiger partial charge in [0, 0.05) is 111 Å². The van der Waals surface area contributed by atoms with E-state index in [0.717, 1.165) is 78.1 Å². The Hall–Kier alpha value is -5.97. The summed E-state index contributed by atoms with van der Waals surface area (Å²) < 4.78 is 2.20. The lowest BCUT2D eigenvalue weighted by atomic mass is 9.73. The minimum atomic E-state index is -0.677. The molecule has 9 heterocycles. The summed E-state index contributed by atoms with van der Waals surface area (Å²) in [6.45, 7) is 10.2. The van der Waals surface area contributed by atoms with Gasteiger partial charge in [-0.1, -0.05) is 18.6 Å². The van der Waals surface area contributed by atoms with Gasteiger partial charge in [0.15, 0.2) is 5.82 Å². The summed E-state index contributed by atoms with van der Waals surface area (Å²) in [5.41, 5.74) is 5.91. The van der Waals surface area contributed by atoms with Gasteiger partial charge in [-0.2, -0.15) is 0 Å². The lowest BCUT2D eigenvalue weighted by molar-refractivity contribution is -0.144. The molecular weight excluding hydrogens is 897 g/mol. The largest absolute Gasteiger partial charge is 0.366 e. The Morgan fingerprint density at radius 3 is 2.10 bits per heavy atom. The second-order valence-corrected chi connectivity index (χ2v) is 22.3. The molecule has 1 unspecified atom stereocenters. The van der Waals surface area contributed by atoms with Crippen molar-refractivity contribution in [2.45, 2.75) is 146 Å². The van der Waals surface area contributed by atoms with Crippen LogP contribution in [0.15, 0.2) is 43.0 Å². The minimum absolute atomic E-state index is 0.0890. The predicted octanol–water partition coefficient (Wildman–Crippen LogP) is 5.94. The standard InChI is InChI=1S/C54H68N12O5/c1-33(2)65-32-57-44-29-43(59-48(47(44)65)58-38-7-8-38)36-6-10-42-45(26-36)66(40-27-39(28-40)61-18-4-3-5-19-61)52(71)54(42)16-24-63(25-17-54)51(70)34-12-20-62(21-13-34)50(69)35-14-22-64(23-15-35)53-55-30-37(31-56-53)41-9-11-46(67)60-49(41)68/h6,10,26,29-35,38-41H,3-5,7-9,11-25,27-28H2,1-2H3,(H,58,59)(H,60,67,68). The average molecular weight is 965 g/mol. The molecule has 71 heavy (non-hydrogen) atoms. The van der Waals surface area contributed by atoms with Crippen LogP contribution in [0.1, 0.15) is 133 Å². The molecule has 1 spiro atoms. The molecule has 2 N–H and O–H groups in total. The van der Waals surface area contributed by atoms with E-state index < -0.39 is 11.3 Å². The Morgan fingerprint density at radius 2 is 1.44 bits per heavy atom. The van der Waals surface area contributed by atoms with Crippen LogP contribution >= 0.6 is 0 Å². The number of aromatic nitrogens is 5. The zero-order valence-electron chi connectivity index (χ0n) is 41.4. The molecule has 0 bridgehead atoms. The fourth-order valence-electron chi connectivity index (χ4n) is 13.1. The highest BCUT2D eigenvalue weighted by Crippen LogP contribution is 2.52. The van der Waals surface area contributed by atoms with Gasteiger partial charge in [-0.05, 0) is 128 Å². The number of fused-ring (bicyclic) bond motifs is 3. The molecule has 6 aliphatic heterocycles. The first-order chi connectivity index (χ1) is 34.5. The SMILES string of the molecule is CC(C)n1cnc2cc(-c3ccc4c(c3)N(C3CC(N5CCCCC5)C3)C(=O)C43CCN(C(=O)C4CCN(C(=O)C5CCN(c6ncc(C7CCC(=O)NC7=O)cn6)CC5)CC4)CC3)nc(NC3CC3)c21. The van der Waals surface area contributed by atoms with Gasteiger partial charge >= 0.3 is 0 Å². The number of anilines is 3. The van der Waals surface area contributed by atoms with Crippen LogP contribution in [0, 0.1) is 11.8 Å². The van der Waals surface area contributed by atoms with Crippen LogP contribution in [0.5, 0.6) is 0 Å². The molecule has 17 heteroatoms. The van der Waals surface area contributed by atoms with Gasteiger partial charge in [0.1, 0.15) is 5.52 Å². The van der Waals surface area contributed by atoms with Crippen LogP contribution in [0.4, 0.5) is 17.5 Å². The fourth-order valence-corrected chi connectivity index (χ4v) is 13.1. The molecule has 3 aromatic heterocycles. The highest BCUT2D eigenvalue weighted by Gasteiger charge is 2.56. The molecule has 5 saturated heterocycles. The Kier molecular flexibility index (Phi) is 12.1. The van der Waals surface area contributed by atoms with Crippen LogP contribution in [0.3, 0.4) is 0 Å². The van der Waals surface area contributed by atoms with Crippen molar-refractivity contribution in [3.8, 4) is 11.3 Å². The number of imide groups is 1. The molecule has 7 fully saturated rings. The summed E-state index contributed by atoms with van der Waals surface area (Å²) in [7, 11) is 0. The molecule has 2 aliphatic carbocycles. The average Bonchev–Trinajstić information content (AvgIpc) is 4.05. The third kappa shape index (κ3) is 8.52. The van der Waals surface area contributed by atoms with Crippen molar-refractivity contribution in [3.05, 3.63) is 54.1 Å². The first kappa shape index (κ1) is 46.1. The normalized spacial score (nSPS) is 25.5. The quantitative estimate of drug-likeness (QED) is 0.179. The van der Waals surface area contributed by atoms with Crippen molar-refractivity contribution in [1.29, 1.82) is 0 Å². The number of nitrogens with zero attached hydrogens (tertiary/aromatic N) is 10. The minimum Gasteiger partial charge on any atom is -0.366 e. The van der Waals surface area contributed by atoms with Crippen LogP contribution in [0.25, 0.3) is 22.3 Å². The number of amides is 5. The van der Waals surface area contributed by atoms with Crippen molar-refractivity contribution in [2.24, 2.45) is 11.8 Å². The molecule has 1 atom stereocenters. The lowest BCUT2D eigenvalue weighted by Gasteiger charge is -2.48. The number of hydrogen-bond donors (Lipinski definition) is 2. The second kappa shape index (κ2) is 18.6. The van der Waals surface area contributed by atoms with Crippen molar-refractivity contribution < 1.29 is 24.0 Å². The van der Waals surface area contributed by atoms with E-state index in [4.69, 9.17) is 9.97 Å². The molecule has 374 valence electrons. The van der Waals surface area contributed by atoms with Crippen molar-refractivity contribution >= 4 is 58.0 Å². The van der Waals surface area contributed by atoms with Crippen LogP contribution < -0.4 is 20.4 Å². The Morgan fingerprint density at radius 1 is 0.761 bits per heavy atom. The topological polar surface area (TPSA) is 182 Å². The van der Waals surface area contributed by atoms with E-state index in [1.54, 1.807) is 12.4 Å². The maximum absolute atomic E-state index is 15.2. The fraction of sp³-hybridized carbons (Fsp3) is 0.611. The monoisotopic (exact) mass is 965 g/mol. The molecule has 2 saturated carbocycles. The Balaban J connectivity index is 0.695. The number of rotatable bonds is 10. The molecule has 4 aromatic rings. The number of carbonyl (C=O) groups is 5. The van der Waals surface area contributed by atoms with Gasteiger partial charge in [-0.3, -0.25) is 29.3 Å². The maximum atomic E-state index is 15.2. The molecule has 17 nitrogen and oxygen atoms in total. The third-order valence-electron chi connectivity index (χ3n) is 17.6. The zero-order valence-corrected chi connectivity index (χ0v) is 41.4. The second-order valence-electron chi connectivity index (χ2n) is 22.3. The lowest BCUT2D eigenvalue weighted by Crippen LogP contribution is -2.58. The van der Waals surface area contributed by atoms with Gasteiger partial charge in [-0.15, -0.1) is 0 Å². The third-order valence-corrected chi connectivity index (χ3v) is 17.6. The molecule has 1 aromatic carbocycles. The number of hydrogen-bond acceptors (Lipinski definition) is 12. The Bertz CT molecular complexity index is 2720. The number of imidazole rings is 1. The van der Waals surface area contributed by atoms with Gasteiger partial charge < -0.3 is 34.4 Å². The van der Waals surface area contributed by atoms with Crippen LogP contribution in [0.2, 0.25) is 0 Å². The van der Waals surface area contributed by atoms with Gasteiger partial charge in [0.05, 0.1) is 28.9 Å². The Labute approximate surface area is 415 Å². The van der Waals surface area contributed by atoms with E-state index in [9.17, 15) is 19.2 Å². The number of benzene rings is 1. The first-order valence-electron chi connectivity index (χ1n) is 26.9. The summed E-state index contributed by atoms with van der Waals surface area (Å²) >= 11 is 0. The molecule has 12 rings (SSSR count). The van der Waals surface area contributed by atoms with E-state index in [-0.39, 0.29) is 53.5 Å². The van der Waals surface area contributed by atoms with Crippen LogP contribution in [-0.2, 0) is 29.4 Å². The molecular formula is C54H68N12O5. The first-order valence-corrected chi connectivity index (χ1v) is 26.9. The molecule has 8 aliphatic rings. The molecule has 0 radical (unpaired) electrons. The number of nitrogens with one attached hydrogen (secondary N) is 2. The summed E-state index contributed by atoms with van der Waals surface area (Å²) in [4.78, 5) is 97.3. The van der Waals surface area contributed by atoms with Crippen molar-refractivity contribution in [1.82, 2.24) is 44.5 Å². The highest BCUT2D eigenvalue weighted by molar-refractivity contribution is 6.09. The van der Waals surface area contributed by atoms with Crippen LogP contribution in [-0.4, -0.2) is 139 Å². The molecule has 5 amide bonds. The summed E-state index contributed by atoms with van der Waals surface area (Å²) in [5, 5.41) is 6.10. The van der Waals surface area contributed by atoms with E-state index in [1.165, 1.54) is 19.3 Å². The van der Waals surface area contributed by atoms with E-state index >= 15 is 4.79 Å².